The van der Waals surface area contributed by atoms with E-state index >= 15 is 0 Å². The van der Waals surface area contributed by atoms with Crippen LogP contribution >= 0.6 is 22.6 Å². The summed E-state index contributed by atoms with van der Waals surface area (Å²) in [6.45, 7) is 0.700. The molecule has 0 heterocycles. The molecule has 3 heteroatoms. The Labute approximate surface area is 74.9 Å². The van der Waals surface area contributed by atoms with Gasteiger partial charge in [0.1, 0.15) is 0 Å². The predicted octanol–water partition coefficient (Wildman–Crippen LogP) is 0.951. The van der Waals surface area contributed by atoms with Gasteiger partial charge >= 0.3 is 0 Å². The lowest BCUT2D eigenvalue weighted by atomic mass is 10.3. The maximum atomic E-state index is 10.6. The summed E-state index contributed by atoms with van der Waals surface area (Å²) < 4.78 is 0.522. The molecule has 0 fully saturated rings. The molecule has 0 aromatic carbocycles. The summed E-state index contributed by atoms with van der Waals surface area (Å²) in [7, 11) is 0. The Kier molecular flexibility index (Phi) is 6.71. The predicted molar refractivity (Wildman–Crippen MR) is 50.0 cm³/mol. The van der Waals surface area contributed by atoms with Crippen molar-refractivity contribution in [3.05, 3.63) is 0 Å². The molecule has 56 valence electrons. The normalized spacial score (nSPS) is 8.40. The summed E-state index contributed by atoms with van der Waals surface area (Å²) >= 11 is 2.02. The van der Waals surface area contributed by atoms with E-state index in [4.69, 9.17) is 6.42 Å². The van der Waals surface area contributed by atoms with Gasteiger partial charge < -0.3 is 5.32 Å². The number of carbonyl (C=O) groups excluding carboxylic acids is 1. The zero-order chi connectivity index (χ0) is 7.82. The van der Waals surface area contributed by atoms with Crippen LogP contribution in [0.5, 0.6) is 0 Å². The third-order valence-corrected chi connectivity index (χ3v) is 1.63. The molecule has 0 rings (SSSR count). The monoisotopic (exact) mass is 251 g/mol. The smallest absolute Gasteiger partial charge is 0.229 e. The van der Waals surface area contributed by atoms with Crippen molar-refractivity contribution in [1.29, 1.82) is 0 Å². The number of alkyl halides is 1. The molecule has 0 aliphatic carbocycles. The van der Waals surface area contributed by atoms with Gasteiger partial charge in [-0.3, -0.25) is 4.79 Å². The summed E-state index contributed by atoms with van der Waals surface area (Å²) in [5.41, 5.74) is 0. The second-order valence-corrected chi connectivity index (χ2v) is 2.55. The van der Waals surface area contributed by atoms with Gasteiger partial charge in [0.2, 0.25) is 5.91 Å². The highest BCUT2D eigenvalue weighted by Crippen LogP contribution is 1.84. The molecule has 0 atom stereocenters. The van der Waals surface area contributed by atoms with E-state index in [9.17, 15) is 4.79 Å². The number of hydrogen-bond donors (Lipinski definition) is 1. The molecule has 0 unspecified atom stereocenters. The molecule has 0 aliphatic rings. The molecule has 10 heavy (non-hydrogen) atoms. The first-order valence-electron chi connectivity index (χ1n) is 3.07. The molecule has 0 spiro atoms. The number of amides is 1. The first kappa shape index (κ1) is 9.76. The Morgan fingerprint density at radius 3 is 2.90 bits per heavy atom. The van der Waals surface area contributed by atoms with E-state index in [1.54, 1.807) is 0 Å². The Morgan fingerprint density at radius 2 is 2.40 bits per heavy atom. The highest BCUT2D eigenvalue weighted by molar-refractivity contribution is 14.1. The van der Waals surface area contributed by atoms with Gasteiger partial charge in [0.15, 0.2) is 0 Å². The zero-order valence-corrected chi connectivity index (χ0v) is 7.85. The van der Waals surface area contributed by atoms with Gasteiger partial charge in [-0.2, -0.15) is 0 Å². The lowest BCUT2D eigenvalue weighted by Gasteiger charge is -1.98. The van der Waals surface area contributed by atoms with Crippen molar-refractivity contribution in [2.24, 2.45) is 0 Å². The Balaban J connectivity index is 3.05. The van der Waals surface area contributed by atoms with E-state index in [2.05, 4.69) is 11.2 Å². The van der Waals surface area contributed by atoms with Gasteiger partial charge in [-0.1, -0.05) is 22.6 Å². The minimum Gasteiger partial charge on any atom is -0.355 e. The maximum absolute atomic E-state index is 10.6. The molecule has 0 bridgehead atoms. The van der Waals surface area contributed by atoms with E-state index in [0.29, 0.717) is 11.0 Å². The molecule has 1 amide bonds. The Hall–Kier alpha value is -0.240. The van der Waals surface area contributed by atoms with Gasteiger partial charge in [0.05, 0.1) is 4.43 Å². The molecular formula is C7H10INO. The molecule has 2 nitrogen and oxygen atoms in total. The number of halogens is 1. The molecular weight excluding hydrogens is 241 g/mol. The van der Waals surface area contributed by atoms with Crippen molar-refractivity contribution >= 4 is 28.5 Å². The largest absolute Gasteiger partial charge is 0.355 e. The van der Waals surface area contributed by atoms with Gasteiger partial charge in [0.25, 0.3) is 0 Å². The number of terminal acetylenes is 1. The van der Waals surface area contributed by atoms with Crippen LogP contribution in [-0.2, 0) is 4.79 Å². The van der Waals surface area contributed by atoms with E-state index in [1.807, 2.05) is 22.6 Å². The van der Waals surface area contributed by atoms with Crippen molar-refractivity contribution in [3.63, 3.8) is 0 Å². The summed E-state index contributed by atoms with van der Waals surface area (Å²) in [4.78, 5) is 10.6. The number of rotatable bonds is 4. The van der Waals surface area contributed by atoms with Crippen LogP contribution in [0.25, 0.3) is 0 Å². The minimum absolute atomic E-state index is 0.0811. The lowest BCUT2D eigenvalue weighted by molar-refractivity contribution is -0.118. The van der Waals surface area contributed by atoms with E-state index in [1.165, 1.54) is 0 Å². The number of carbonyl (C=O) groups is 1. The van der Waals surface area contributed by atoms with Crippen LogP contribution in [0.15, 0.2) is 0 Å². The lowest BCUT2D eigenvalue weighted by Crippen LogP contribution is -2.24. The van der Waals surface area contributed by atoms with Crippen LogP contribution < -0.4 is 5.32 Å². The average Bonchev–Trinajstić information content (AvgIpc) is 1.98. The molecule has 0 radical (unpaired) electrons. The number of nitrogens with one attached hydrogen (secondary N) is 1. The van der Waals surface area contributed by atoms with E-state index in [0.717, 1.165) is 12.8 Å². The Bertz CT molecular complexity index is 139. The number of unbranched alkanes of at least 4 members (excludes halogenated alkanes) is 1. The van der Waals surface area contributed by atoms with Crippen LogP contribution in [0.1, 0.15) is 12.8 Å². The fraction of sp³-hybridized carbons (Fsp3) is 0.571. The fourth-order valence-corrected chi connectivity index (χ4v) is 0.735. The topological polar surface area (TPSA) is 29.1 Å². The first-order chi connectivity index (χ1) is 4.81. The quantitative estimate of drug-likeness (QED) is 0.343. The second kappa shape index (κ2) is 6.87. The van der Waals surface area contributed by atoms with Crippen LogP contribution in [-0.4, -0.2) is 16.9 Å². The van der Waals surface area contributed by atoms with E-state index < -0.39 is 0 Å². The summed E-state index contributed by atoms with van der Waals surface area (Å²) in [6.07, 6.45) is 6.63. The van der Waals surface area contributed by atoms with Gasteiger partial charge in [-0.25, -0.2) is 0 Å². The average molecular weight is 251 g/mol. The molecule has 0 aliphatic heterocycles. The Morgan fingerprint density at radius 1 is 1.70 bits per heavy atom. The summed E-state index contributed by atoms with van der Waals surface area (Å²) in [5, 5.41) is 2.73. The van der Waals surface area contributed by atoms with Crippen molar-refractivity contribution in [3.8, 4) is 12.3 Å². The van der Waals surface area contributed by atoms with Crippen molar-refractivity contribution in [2.75, 3.05) is 11.0 Å². The van der Waals surface area contributed by atoms with Crippen LogP contribution in [0.2, 0.25) is 0 Å². The molecule has 0 saturated carbocycles. The zero-order valence-electron chi connectivity index (χ0n) is 5.69. The second-order valence-electron chi connectivity index (χ2n) is 1.79. The summed E-state index contributed by atoms with van der Waals surface area (Å²) in [6, 6.07) is 0. The molecule has 0 saturated heterocycles. The van der Waals surface area contributed by atoms with Crippen molar-refractivity contribution in [1.82, 2.24) is 5.32 Å². The maximum Gasteiger partial charge on any atom is 0.229 e. The molecule has 1 N–H and O–H groups in total. The van der Waals surface area contributed by atoms with Crippen molar-refractivity contribution < 1.29 is 4.79 Å². The van der Waals surface area contributed by atoms with Gasteiger partial charge in [-0.05, 0) is 6.42 Å². The third kappa shape index (κ3) is 5.89. The fourth-order valence-electron chi connectivity index (χ4n) is 0.466. The highest BCUT2D eigenvalue weighted by atomic mass is 127. The van der Waals surface area contributed by atoms with Crippen LogP contribution in [0.3, 0.4) is 0 Å². The molecule has 0 aromatic rings. The van der Waals surface area contributed by atoms with E-state index in [-0.39, 0.29) is 5.91 Å². The number of hydrogen-bond acceptors (Lipinski definition) is 1. The van der Waals surface area contributed by atoms with Crippen molar-refractivity contribution in [2.45, 2.75) is 12.8 Å². The van der Waals surface area contributed by atoms with Gasteiger partial charge in [-0.15, -0.1) is 12.3 Å². The standard InChI is InChI=1S/C7H10INO/c1-2-3-4-5-9-7(10)6-8/h1H,3-6H2,(H,9,10). The van der Waals surface area contributed by atoms with Crippen LogP contribution in [0, 0.1) is 12.3 Å². The highest BCUT2D eigenvalue weighted by Gasteiger charge is 1.93. The SMILES string of the molecule is C#CCCCNC(=O)CI. The summed E-state index contributed by atoms with van der Waals surface area (Å²) in [5.74, 6) is 2.59. The van der Waals surface area contributed by atoms with Crippen LogP contribution in [0.4, 0.5) is 0 Å². The third-order valence-electron chi connectivity index (χ3n) is 0.941. The first-order valence-corrected chi connectivity index (χ1v) is 4.60. The van der Waals surface area contributed by atoms with Gasteiger partial charge in [0, 0.05) is 13.0 Å². The molecule has 0 aromatic heterocycles. The minimum atomic E-state index is 0.0811.